The summed E-state index contributed by atoms with van der Waals surface area (Å²) in [4.78, 5) is 4.97. The highest BCUT2D eigenvalue weighted by Crippen LogP contribution is 2.34. The molecule has 0 amide bonds. The summed E-state index contributed by atoms with van der Waals surface area (Å²) in [5, 5.41) is 4.82. The van der Waals surface area contributed by atoms with Crippen LogP contribution in [0.3, 0.4) is 0 Å². The SMILES string of the molecule is CN1CCC(N(C)Cc2cn(C)nc2-c2ccc(C3CCCCC3)cc2)CC1. The number of aromatic nitrogens is 2. The quantitative estimate of drug-likeness (QED) is 0.754. The van der Waals surface area contributed by atoms with Gasteiger partial charge in [0, 0.05) is 37.0 Å². The van der Waals surface area contributed by atoms with Gasteiger partial charge in [-0.25, -0.2) is 0 Å². The molecule has 28 heavy (non-hydrogen) atoms. The fourth-order valence-corrected chi connectivity index (χ4v) is 5.08. The first-order chi connectivity index (χ1) is 13.6. The molecule has 0 bridgehead atoms. The molecule has 1 aliphatic carbocycles. The first kappa shape index (κ1) is 19.7. The molecule has 1 aromatic heterocycles. The smallest absolute Gasteiger partial charge is 0.0968 e. The second kappa shape index (κ2) is 8.79. The number of hydrogen-bond donors (Lipinski definition) is 0. The van der Waals surface area contributed by atoms with Crippen molar-refractivity contribution in [2.75, 3.05) is 27.2 Å². The average Bonchev–Trinajstić information content (AvgIpc) is 3.09. The molecule has 4 heteroatoms. The monoisotopic (exact) mass is 380 g/mol. The van der Waals surface area contributed by atoms with Gasteiger partial charge >= 0.3 is 0 Å². The topological polar surface area (TPSA) is 24.3 Å². The van der Waals surface area contributed by atoms with Crippen LogP contribution in [0.15, 0.2) is 30.5 Å². The van der Waals surface area contributed by atoms with Gasteiger partial charge < -0.3 is 4.90 Å². The van der Waals surface area contributed by atoms with Gasteiger partial charge in [-0.2, -0.15) is 5.10 Å². The molecule has 4 nitrogen and oxygen atoms in total. The van der Waals surface area contributed by atoms with Crippen LogP contribution in [0.2, 0.25) is 0 Å². The van der Waals surface area contributed by atoms with Crippen molar-refractivity contribution >= 4 is 0 Å². The van der Waals surface area contributed by atoms with Crippen LogP contribution in [0, 0.1) is 0 Å². The largest absolute Gasteiger partial charge is 0.306 e. The maximum Gasteiger partial charge on any atom is 0.0968 e. The predicted octanol–water partition coefficient (Wildman–Crippen LogP) is 4.66. The Bertz CT molecular complexity index is 749. The Morgan fingerprint density at radius 1 is 0.964 bits per heavy atom. The fourth-order valence-electron chi connectivity index (χ4n) is 5.08. The molecule has 0 radical (unpaired) electrons. The van der Waals surface area contributed by atoms with E-state index >= 15 is 0 Å². The third kappa shape index (κ3) is 4.49. The Balaban J connectivity index is 1.47. The molecule has 0 N–H and O–H groups in total. The van der Waals surface area contributed by atoms with E-state index in [0.717, 1.165) is 18.2 Å². The molecule has 1 saturated carbocycles. The molecule has 1 saturated heterocycles. The highest BCUT2D eigenvalue weighted by atomic mass is 15.3. The third-order valence-electron chi connectivity index (χ3n) is 6.90. The molecular weight excluding hydrogens is 344 g/mol. The molecule has 4 rings (SSSR count). The van der Waals surface area contributed by atoms with Gasteiger partial charge in [-0.1, -0.05) is 43.5 Å². The van der Waals surface area contributed by atoms with E-state index < -0.39 is 0 Å². The van der Waals surface area contributed by atoms with Crippen molar-refractivity contribution in [1.82, 2.24) is 19.6 Å². The number of likely N-dealkylation sites (tertiary alicyclic amines) is 1. The number of benzene rings is 1. The van der Waals surface area contributed by atoms with Crippen LogP contribution in [0.1, 0.15) is 62.0 Å². The zero-order chi connectivity index (χ0) is 19.5. The van der Waals surface area contributed by atoms with E-state index in [9.17, 15) is 0 Å². The van der Waals surface area contributed by atoms with Crippen molar-refractivity contribution in [2.45, 2.75) is 63.5 Å². The second-order valence-corrected chi connectivity index (χ2v) is 9.08. The zero-order valence-corrected chi connectivity index (χ0v) is 17.9. The summed E-state index contributed by atoms with van der Waals surface area (Å²) in [6.07, 6.45) is 11.6. The van der Waals surface area contributed by atoms with Crippen LogP contribution in [0.5, 0.6) is 0 Å². The van der Waals surface area contributed by atoms with Crippen LogP contribution in [-0.4, -0.2) is 52.8 Å². The van der Waals surface area contributed by atoms with Gasteiger partial charge in [0.05, 0.1) is 5.69 Å². The minimum atomic E-state index is 0.679. The van der Waals surface area contributed by atoms with Crippen molar-refractivity contribution in [3.8, 4) is 11.3 Å². The van der Waals surface area contributed by atoms with Gasteiger partial charge in [0.2, 0.25) is 0 Å². The molecule has 152 valence electrons. The predicted molar refractivity (Wildman–Crippen MR) is 116 cm³/mol. The average molecular weight is 381 g/mol. The van der Waals surface area contributed by atoms with Gasteiger partial charge in [-0.15, -0.1) is 0 Å². The van der Waals surface area contributed by atoms with Gasteiger partial charge in [0.1, 0.15) is 0 Å². The van der Waals surface area contributed by atoms with Crippen molar-refractivity contribution in [3.63, 3.8) is 0 Å². The van der Waals surface area contributed by atoms with Gasteiger partial charge in [-0.3, -0.25) is 9.58 Å². The van der Waals surface area contributed by atoms with Crippen molar-refractivity contribution in [3.05, 3.63) is 41.6 Å². The summed E-state index contributed by atoms with van der Waals surface area (Å²) in [6, 6.07) is 9.98. The molecular formula is C24H36N4. The number of rotatable bonds is 5. The highest BCUT2D eigenvalue weighted by molar-refractivity contribution is 5.63. The minimum absolute atomic E-state index is 0.679. The lowest BCUT2D eigenvalue weighted by Crippen LogP contribution is -2.41. The van der Waals surface area contributed by atoms with Gasteiger partial charge in [0.15, 0.2) is 0 Å². The Kier molecular flexibility index (Phi) is 6.17. The molecule has 1 aromatic carbocycles. The number of hydrogen-bond acceptors (Lipinski definition) is 3. The summed E-state index contributed by atoms with van der Waals surface area (Å²) in [6.45, 7) is 3.39. The highest BCUT2D eigenvalue weighted by Gasteiger charge is 2.22. The van der Waals surface area contributed by atoms with Crippen LogP contribution >= 0.6 is 0 Å². The van der Waals surface area contributed by atoms with Gasteiger partial charge in [0.25, 0.3) is 0 Å². The van der Waals surface area contributed by atoms with E-state index in [-0.39, 0.29) is 0 Å². The second-order valence-electron chi connectivity index (χ2n) is 9.08. The van der Waals surface area contributed by atoms with Crippen LogP contribution in [-0.2, 0) is 13.6 Å². The summed E-state index contributed by atoms with van der Waals surface area (Å²) in [5.41, 5.74) is 5.27. The van der Waals surface area contributed by atoms with Crippen molar-refractivity contribution in [1.29, 1.82) is 0 Å². The summed E-state index contributed by atoms with van der Waals surface area (Å²) in [5.74, 6) is 0.765. The van der Waals surface area contributed by atoms with E-state index in [0.29, 0.717) is 6.04 Å². The van der Waals surface area contributed by atoms with E-state index in [1.807, 2.05) is 11.7 Å². The lowest BCUT2D eigenvalue weighted by molar-refractivity contribution is 0.139. The van der Waals surface area contributed by atoms with Crippen LogP contribution in [0.4, 0.5) is 0 Å². The maximum atomic E-state index is 4.82. The Hall–Kier alpha value is -1.65. The molecule has 2 heterocycles. The lowest BCUT2D eigenvalue weighted by Gasteiger charge is -2.35. The standard InChI is InChI=1S/C24H36N4/c1-26-15-13-23(14-16-26)27(2)17-22-18-28(3)25-24(22)21-11-9-20(10-12-21)19-7-5-4-6-8-19/h9-12,18-19,23H,4-8,13-17H2,1-3H3. The van der Waals surface area contributed by atoms with Gasteiger partial charge in [-0.05, 0) is 64.3 Å². The van der Waals surface area contributed by atoms with Crippen molar-refractivity contribution < 1.29 is 0 Å². The van der Waals surface area contributed by atoms with E-state index in [2.05, 4.69) is 54.4 Å². The number of aryl methyl sites for hydroxylation is 1. The molecule has 2 aliphatic rings. The Labute approximate surface area is 170 Å². The van der Waals surface area contributed by atoms with Crippen molar-refractivity contribution in [2.24, 2.45) is 7.05 Å². The lowest BCUT2D eigenvalue weighted by atomic mass is 9.84. The maximum absolute atomic E-state index is 4.82. The summed E-state index contributed by atoms with van der Waals surface area (Å²) < 4.78 is 1.97. The molecule has 0 unspecified atom stereocenters. The molecule has 2 aromatic rings. The summed E-state index contributed by atoms with van der Waals surface area (Å²) in [7, 11) is 6.55. The number of piperidine rings is 1. The Morgan fingerprint density at radius 2 is 1.64 bits per heavy atom. The molecule has 0 spiro atoms. The van der Waals surface area contributed by atoms with Crippen LogP contribution in [0.25, 0.3) is 11.3 Å². The summed E-state index contributed by atoms with van der Waals surface area (Å²) >= 11 is 0. The number of nitrogens with zero attached hydrogens (tertiary/aromatic N) is 4. The van der Waals surface area contributed by atoms with Crippen LogP contribution < -0.4 is 0 Å². The zero-order valence-electron chi connectivity index (χ0n) is 17.9. The Morgan fingerprint density at radius 3 is 2.32 bits per heavy atom. The fraction of sp³-hybridized carbons (Fsp3) is 0.625. The van der Waals surface area contributed by atoms with E-state index in [1.165, 1.54) is 74.7 Å². The molecule has 2 fully saturated rings. The normalized spacial score (nSPS) is 20.1. The molecule has 1 aliphatic heterocycles. The van der Waals surface area contributed by atoms with E-state index in [4.69, 9.17) is 5.10 Å². The first-order valence-corrected chi connectivity index (χ1v) is 11.1. The minimum Gasteiger partial charge on any atom is -0.306 e. The first-order valence-electron chi connectivity index (χ1n) is 11.1. The molecule has 0 atom stereocenters. The third-order valence-corrected chi connectivity index (χ3v) is 6.90. The van der Waals surface area contributed by atoms with E-state index in [1.54, 1.807) is 0 Å².